The number of nitrogens with zero attached hydrogens (tertiary/aromatic N) is 2. The van der Waals surface area contributed by atoms with Gasteiger partial charge in [0.1, 0.15) is 0 Å². The highest BCUT2D eigenvalue weighted by Crippen LogP contribution is 2.19. The molecule has 0 spiro atoms. The molecule has 2 atom stereocenters. The number of rotatable bonds is 9. The van der Waals surface area contributed by atoms with E-state index in [1.165, 1.54) is 0 Å². The number of anilines is 1. The van der Waals surface area contributed by atoms with Crippen LogP contribution in [0.3, 0.4) is 0 Å². The summed E-state index contributed by atoms with van der Waals surface area (Å²) in [5, 5.41) is 16.4. The van der Waals surface area contributed by atoms with Gasteiger partial charge < -0.3 is 15.7 Å². The minimum absolute atomic E-state index is 0.128. The maximum Gasteiger partial charge on any atom is 0.233 e. The van der Waals surface area contributed by atoms with E-state index in [0.717, 1.165) is 11.3 Å². The van der Waals surface area contributed by atoms with E-state index in [4.69, 9.17) is 0 Å². The highest BCUT2D eigenvalue weighted by molar-refractivity contribution is 5.95. The molecular weight excluding hydrogens is 352 g/mol. The number of amides is 1. The van der Waals surface area contributed by atoms with Gasteiger partial charge in [0.25, 0.3) is 0 Å². The van der Waals surface area contributed by atoms with Gasteiger partial charge in [0.05, 0.1) is 17.7 Å². The van der Waals surface area contributed by atoms with Crippen LogP contribution >= 0.6 is 0 Å². The Balaban J connectivity index is 1.58. The predicted molar refractivity (Wildman–Crippen MR) is 109 cm³/mol. The average molecular weight is 376 g/mol. The topological polar surface area (TPSA) is 87.1 Å². The molecule has 1 amide bonds. The number of nitrogens with one attached hydrogen (secondary N) is 2. The molecule has 0 aliphatic heterocycles. The van der Waals surface area contributed by atoms with Gasteiger partial charge in [0.15, 0.2) is 0 Å². The molecule has 3 aromatic rings. The fraction of sp³-hybridized carbons (Fsp3) is 0.227. The summed E-state index contributed by atoms with van der Waals surface area (Å²) < 4.78 is 0. The second-order valence-corrected chi connectivity index (χ2v) is 6.46. The number of aliphatic hydroxyl groups excluding tert-OH is 1. The Bertz CT molecular complexity index is 844. The highest BCUT2D eigenvalue weighted by Gasteiger charge is 2.22. The van der Waals surface area contributed by atoms with Gasteiger partial charge in [-0.3, -0.25) is 14.8 Å². The number of hydrogen-bond acceptors (Lipinski definition) is 5. The summed E-state index contributed by atoms with van der Waals surface area (Å²) in [5.41, 5.74) is 2.23. The lowest BCUT2D eigenvalue weighted by Crippen LogP contribution is -2.28. The van der Waals surface area contributed by atoms with E-state index < -0.39 is 12.0 Å². The fourth-order valence-electron chi connectivity index (χ4n) is 2.93. The third-order valence-electron chi connectivity index (χ3n) is 4.43. The molecule has 1 aromatic heterocycles. The average Bonchev–Trinajstić information content (AvgIpc) is 2.75. The van der Waals surface area contributed by atoms with Crippen molar-refractivity contribution >= 4 is 11.6 Å². The van der Waals surface area contributed by atoms with Gasteiger partial charge >= 0.3 is 0 Å². The molecule has 2 aromatic carbocycles. The molecule has 0 saturated heterocycles. The van der Waals surface area contributed by atoms with Crippen molar-refractivity contribution in [2.24, 2.45) is 0 Å². The van der Waals surface area contributed by atoms with Crippen molar-refractivity contribution in [2.45, 2.75) is 18.4 Å². The zero-order valence-electron chi connectivity index (χ0n) is 15.5. The summed E-state index contributed by atoms with van der Waals surface area (Å²) in [7, 11) is 0. The Morgan fingerprint density at radius 3 is 2.39 bits per heavy atom. The minimum Gasteiger partial charge on any atom is -0.387 e. The zero-order valence-corrected chi connectivity index (χ0v) is 15.5. The first-order valence-corrected chi connectivity index (χ1v) is 9.29. The van der Waals surface area contributed by atoms with Crippen LogP contribution in [0.1, 0.15) is 29.7 Å². The molecule has 0 radical (unpaired) electrons. The molecule has 28 heavy (non-hydrogen) atoms. The first kappa shape index (κ1) is 19.7. The van der Waals surface area contributed by atoms with Crippen molar-refractivity contribution < 1.29 is 9.90 Å². The van der Waals surface area contributed by atoms with Gasteiger partial charge in [-0.1, -0.05) is 48.5 Å². The molecule has 3 rings (SSSR count). The maximum absolute atomic E-state index is 12.8. The van der Waals surface area contributed by atoms with Crippen molar-refractivity contribution in [1.29, 1.82) is 0 Å². The second-order valence-electron chi connectivity index (χ2n) is 6.46. The maximum atomic E-state index is 12.8. The van der Waals surface area contributed by atoms with Gasteiger partial charge in [-0.15, -0.1) is 0 Å². The van der Waals surface area contributed by atoms with Crippen LogP contribution in [0.5, 0.6) is 0 Å². The number of aromatic nitrogens is 2. The third kappa shape index (κ3) is 5.70. The Morgan fingerprint density at radius 1 is 1.00 bits per heavy atom. The summed E-state index contributed by atoms with van der Waals surface area (Å²) >= 11 is 0. The van der Waals surface area contributed by atoms with Crippen molar-refractivity contribution in [3.8, 4) is 0 Å². The molecule has 0 aliphatic carbocycles. The Morgan fingerprint density at radius 2 is 1.71 bits per heavy atom. The fourth-order valence-corrected chi connectivity index (χ4v) is 2.93. The summed E-state index contributed by atoms with van der Waals surface area (Å²) in [5.74, 6) is -0.563. The van der Waals surface area contributed by atoms with E-state index in [-0.39, 0.29) is 5.91 Å². The SMILES string of the molecule is O=C(Nc1ccccc1)C(CCNCC(O)c1ccccc1)c1cnccn1. The Kier molecular flexibility index (Phi) is 7.23. The predicted octanol–water partition coefficient (Wildman–Crippen LogP) is 2.91. The van der Waals surface area contributed by atoms with Crippen LogP contribution in [0.2, 0.25) is 0 Å². The molecule has 144 valence electrons. The summed E-state index contributed by atoms with van der Waals surface area (Å²) in [4.78, 5) is 21.2. The van der Waals surface area contributed by atoms with Gasteiger partial charge in [0, 0.05) is 30.8 Å². The second kappa shape index (κ2) is 10.3. The van der Waals surface area contributed by atoms with E-state index in [1.807, 2.05) is 60.7 Å². The van der Waals surface area contributed by atoms with Crippen LogP contribution in [0.4, 0.5) is 5.69 Å². The molecule has 0 bridgehead atoms. The van der Waals surface area contributed by atoms with E-state index in [2.05, 4.69) is 20.6 Å². The van der Waals surface area contributed by atoms with Crippen molar-refractivity contribution in [1.82, 2.24) is 15.3 Å². The third-order valence-corrected chi connectivity index (χ3v) is 4.43. The zero-order chi connectivity index (χ0) is 19.6. The molecule has 6 nitrogen and oxygen atoms in total. The van der Waals surface area contributed by atoms with Gasteiger partial charge in [-0.2, -0.15) is 0 Å². The van der Waals surface area contributed by atoms with E-state index in [9.17, 15) is 9.90 Å². The molecule has 1 heterocycles. The van der Waals surface area contributed by atoms with Gasteiger partial charge in [0.2, 0.25) is 5.91 Å². The van der Waals surface area contributed by atoms with E-state index in [0.29, 0.717) is 25.2 Å². The summed E-state index contributed by atoms with van der Waals surface area (Å²) in [6.45, 7) is 0.977. The van der Waals surface area contributed by atoms with Crippen LogP contribution in [-0.4, -0.2) is 34.1 Å². The summed E-state index contributed by atoms with van der Waals surface area (Å²) in [6, 6.07) is 18.8. The lowest BCUT2D eigenvalue weighted by atomic mass is 10.00. The number of para-hydroxylation sites is 1. The molecule has 0 fully saturated rings. The van der Waals surface area contributed by atoms with E-state index in [1.54, 1.807) is 18.6 Å². The lowest BCUT2D eigenvalue weighted by Gasteiger charge is -2.17. The monoisotopic (exact) mass is 376 g/mol. The van der Waals surface area contributed by atoms with Gasteiger partial charge in [-0.05, 0) is 30.7 Å². The van der Waals surface area contributed by atoms with Crippen LogP contribution < -0.4 is 10.6 Å². The summed E-state index contributed by atoms with van der Waals surface area (Å²) in [6.07, 6.45) is 4.75. The van der Waals surface area contributed by atoms with Gasteiger partial charge in [-0.25, -0.2) is 0 Å². The molecule has 3 N–H and O–H groups in total. The van der Waals surface area contributed by atoms with Crippen LogP contribution in [0, 0.1) is 0 Å². The van der Waals surface area contributed by atoms with E-state index >= 15 is 0 Å². The standard InChI is InChI=1S/C22H24N4O2/c27-21(17-7-3-1-4-8-17)16-23-12-11-19(20-15-24-13-14-25-20)22(28)26-18-9-5-2-6-10-18/h1-10,13-15,19,21,23,27H,11-12,16H2,(H,26,28). The van der Waals surface area contributed by atoms with Crippen LogP contribution in [0.15, 0.2) is 79.3 Å². The number of aliphatic hydroxyl groups is 1. The first-order chi connectivity index (χ1) is 13.7. The minimum atomic E-state index is -0.589. The molecular formula is C22H24N4O2. The number of benzene rings is 2. The number of carbonyl (C=O) groups is 1. The molecule has 0 saturated carbocycles. The number of hydrogen-bond donors (Lipinski definition) is 3. The van der Waals surface area contributed by atoms with Crippen LogP contribution in [0.25, 0.3) is 0 Å². The van der Waals surface area contributed by atoms with Crippen LogP contribution in [-0.2, 0) is 4.79 Å². The Labute approximate surface area is 164 Å². The lowest BCUT2D eigenvalue weighted by molar-refractivity contribution is -0.117. The molecule has 2 unspecified atom stereocenters. The normalized spacial score (nSPS) is 12.9. The van der Waals surface area contributed by atoms with Crippen molar-refractivity contribution in [3.63, 3.8) is 0 Å². The molecule has 6 heteroatoms. The number of carbonyl (C=O) groups excluding carboxylic acids is 1. The smallest absolute Gasteiger partial charge is 0.233 e. The first-order valence-electron chi connectivity index (χ1n) is 9.29. The largest absolute Gasteiger partial charge is 0.387 e. The molecule has 0 aliphatic rings. The Hall–Kier alpha value is -3.09. The van der Waals surface area contributed by atoms with Crippen molar-refractivity contribution in [2.75, 3.05) is 18.4 Å². The quantitative estimate of drug-likeness (QED) is 0.500. The highest BCUT2D eigenvalue weighted by atomic mass is 16.3. The van der Waals surface area contributed by atoms with Crippen molar-refractivity contribution in [3.05, 3.63) is 90.5 Å².